The monoisotopic (exact) mass is 311 g/mol. The fraction of sp³-hybridized carbons (Fsp3) is 0.316. The van der Waals surface area contributed by atoms with Crippen LogP contribution in [0.4, 0.5) is 5.69 Å². The normalized spacial score (nSPS) is 13.9. The largest absolute Gasteiger partial charge is 0.493 e. The van der Waals surface area contributed by atoms with Crippen LogP contribution < -0.4 is 14.4 Å². The number of hydrogen-bond acceptors (Lipinski definition) is 4. The van der Waals surface area contributed by atoms with E-state index in [0.717, 1.165) is 18.8 Å². The highest BCUT2D eigenvalue weighted by Crippen LogP contribution is 2.29. The smallest absolute Gasteiger partial charge is 0.193 e. The van der Waals surface area contributed by atoms with E-state index < -0.39 is 0 Å². The van der Waals surface area contributed by atoms with Crippen molar-refractivity contribution < 1.29 is 14.3 Å². The van der Waals surface area contributed by atoms with Gasteiger partial charge in [0.25, 0.3) is 0 Å². The number of hydrogen-bond donors (Lipinski definition) is 0. The number of anilines is 1. The summed E-state index contributed by atoms with van der Waals surface area (Å²) < 4.78 is 10.5. The Bertz CT molecular complexity index is 706. The molecule has 2 aromatic carbocycles. The van der Waals surface area contributed by atoms with E-state index in [0.29, 0.717) is 22.6 Å². The predicted octanol–water partition coefficient (Wildman–Crippen LogP) is 3.54. The molecule has 4 nitrogen and oxygen atoms in total. The average Bonchev–Trinajstić information content (AvgIpc) is 3.15. The van der Waals surface area contributed by atoms with Crippen LogP contribution in [0.1, 0.15) is 28.8 Å². The Labute approximate surface area is 136 Å². The van der Waals surface area contributed by atoms with Gasteiger partial charge in [-0.15, -0.1) is 0 Å². The summed E-state index contributed by atoms with van der Waals surface area (Å²) in [6, 6.07) is 13.1. The molecule has 0 saturated carbocycles. The predicted molar refractivity (Wildman–Crippen MR) is 90.9 cm³/mol. The third kappa shape index (κ3) is 3.16. The Morgan fingerprint density at radius 3 is 2.30 bits per heavy atom. The molecule has 0 bridgehead atoms. The molecule has 1 fully saturated rings. The first-order valence-corrected chi connectivity index (χ1v) is 7.84. The molecule has 0 amide bonds. The molecule has 4 heteroatoms. The van der Waals surface area contributed by atoms with Gasteiger partial charge in [-0.25, -0.2) is 0 Å². The van der Waals surface area contributed by atoms with Crippen molar-refractivity contribution in [3.8, 4) is 11.5 Å². The minimum atomic E-state index is -0.00741. The van der Waals surface area contributed by atoms with Gasteiger partial charge in [0.05, 0.1) is 14.2 Å². The van der Waals surface area contributed by atoms with Crippen LogP contribution in [-0.2, 0) is 0 Å². The molecule has 0 spiro atoms. The molecule has 1 saturated heterocycles. The molecule has 3 rings (SSSR count). The number of nitrogens with zero attached hydrogens (tertiary/aromatic N) is 1. The molecular formula is C19H21NO3. The van der Waals surface area contributed by atoms with Crippen molar-refractivity contribution >= 4 is 11.5 Å². The molecular weight excluding hydrogens is 290 g/mol. The van der Waals surface area contributed by atoms with E-state index in [1.165, 1.54) is 12.8 Å². The lowest BCUT2D eigenvalue weighted by Crippen LogP contribution is -2.18. The second-order valence-corrected chi connectivity index (χ2v) is 5.64. The molecule has 0 N–H and O–H groups in total. The maximum atomic E-state index is 12.8. The minimum absolute atomic E-state index is 0.00741. The van der Waals surface area contributed by atoms with Gasteiger partial charge in [-0.05, 0) is 43.2 Å². The summed E-state index contributed by atoms with van der Waals surface area (Å²) in [7, 11) is 3.15. The van der Waals surface area contributed by atoms with Gasteiger partial charge in [0.1, 0.15) is 0 Å². The first kappa shape index (κ1) is 15.4. The molecule has 0 unspecified atom stereocenters. The average molecular weight is 311 g/mol. The molecule has 1 aliphatic rings. The topological polar surface area (TPSA) is 38.8 Å². The van der Waals surface area contributed by atoms with Gasteiger partial charge in [-0.1, -0.05) is 12.1 Å². The van der Waals surface area contributed by atoms with Gasteiger partial charge in [0, 0.05) is 29.9 Å². The summed E-state index contributed by atoms with van der Waals surface area (Å²) in [5.74, 6) is 1.18. The zero-order valence-electron chi connectivity index (χ0n) is 13.5. The quantitative estimate of drug-likeness (QED) is 0.792. The van der Waals surface area contributed by atoms with E-state index in [2.05, 4.69) is 11.0 Å². The second kappa shape index (κ2) is 6.73. The third-order valence-electron chi connectivity index (χ3n) is 4.23. The van der Waals surface area contributed by atoms with Crippen LogP contribution in [0, 0.1) is 0 Å². The van der Waals surface area contributed by atoms with Gasteiger partial charge in [0.15, 0.2) is 17.3 Å². The molecule has 1 aliphatic heterocycles. The molecule has 2 aromatic rings. The van der Waals surface area contributed by atoms with E-state index >= 15 is 0 Å². The Kier molecular flexibility index (Phi) is 4.51. The van der Waals surface area contributed by atoms with E-state index in [1.54, 1.807) is 32.4 Å². The lowest BCUT2D eigenvalue weighted by Gasteiger charge is -2.18. The Balaban J connectivity index is 1.89. The third-order valence-corrected chi connectivity index (χ3v) is 4.23. The molecule has 120 valence electrons. The standard InChI is InChI=1S/C19H21NO3/c1-22-17-9-8-15(13-18(17)23-2)19(21)14-6-5-7-16(12-14)20-10-3-4-11-20/h5-9,12-13H,3-4,10-11H2,1-2H3. The van der Waals surface area contributed by atoms with Gasteiger partial charge in [-0.2, -0.15) is 0 Å². The van der Waals surface area contributed by atoms with Crippen molar-refractivity contribution in [1.82, 2.24) is 0 Å². The van der Waals surface area contributed by atoms with E-state index in [4.69, 9.17) is 9.47 Å². The summed E-state index contributed by atoms with van der Waals surface area (Å²) in [5, 5.41) is 0. The number of ether oxygens (including phenoxy) is 2. The number of ketones is 1. The molecule has 0 aromatic heterocycles. The maximum absolute atomic E-state index is 12.8. The van der Waals surface area contributed by atoms with Gasteiger partial charge < -0.3 is 14.4 Å². The highest BCUT2D eigenvalue weighted by atomic mass is 16.5. The summed E-state index contributed by atoms with van der Waals surface area (Å²) in [5.41, 5.74) is 2.41. The summed E-state index contributed by atoms with van der Waals surface area (Å²) in [6.45, 7) is 2.13. The number of methoxy groups -OCH3 is 2. The first-order valence-electron chi connectivity index (χ1n) is 7.84. The minimum Gasteiger partial charge on any atom is -0.493 e. The summed E-state index contributed by atoms with van der Waals surface area (Å²) in [4.78, 5) is 15.1. The lowest BCUT2D eigenvalue weighted by atomic mass is 10.0. The van der Waals surface area contributed by atoms with Crippen molar-refractivity contribution in [3.05, 3.63) is 53.6 Å². The van der Waals surface area contributed by atoms with E-state index in [-0.39, 0.29) is 5.78 Å². The second-order valence-electron chi connectivity index (χ2n) is 5.64. The SMILES string of the molecule is COc1ccc(C(=O)c2cccc(N3CCCC3)c2)cc1OC. The van der Waals surface area contributed by atoms with Gasteiger partial charge >= 0.3 is 0 Å². The van der Waals surface area contributed by atoms with Crippen molar-refractivity contribution in [1.29, 1.82) is 0 Å². The van der Waals surface area contributed by atoms with Gasteiger partial charge in [0.2, 0.25) is 0 Å². The van der Waals surface area contributed by atoms with Crippen molar-refractivity contribution in [2.75, 3.05) is 32.2 Å². The number of benzene rings is 2. The van der Waals surface area contributed by atoms with E-state index in [9.17, 15) is 4.79 Å². The molecule has 0 atom stereocenters. The highest BCUT2D eigenvalue weighted by molar-refractivity contribution is 6.09. The van der Waals surface area contributed by atoms with Crippen molar-refractivity contribution in [2.24, 2.45) is 0 Å². The van der Waals surface area contributed by atoms with Gasteiger partial charge in [-0.3, -0.25) is 4.79 Å². The number of carbonyl (C=O) groups excluding carboxylic acids is 1. The summed E-state index contributed by atoms with van der Waals surface area (Å²) >= 11 is 0. The fourth-order valence-corrected chi connectivity index (χ4v) is 2.96. The lowest BCUT2D eigenvalue weighted by molar-refractivity contribution is 0.103. The zero-order chi connectivity index (χ0) is 16.2. The number of rotatable bonds is 5. The Morgan fingerprint density at radius 1 is 0.913 bits per heavy atom. The summed E-state index contributed by atoms with van der Waals surface area (Å²) in [6.07, 6.45) is 2.43. The van der Waals surface area contributed by atoms with Crippen LogP contribution >= 0.6 is 0 Å². The first-order chi connectivity index (χ1) is 11.2. The highest BCUT2D eigenvalue weighted by Gasteiger charge is 2.16. The van der Waals surface area contributed by atoms with Crippen LogP contribution in [0.2, 0.25) is 0 Å². The fourth-order valence-electron chi connectivity index (χ4n) is 2.96. The molecule has 0 radical (unpaired) electrons. The van der Waals surface area contributed by atoms with Crippen molar-refractivity contribution in [3.63, 3.8) is 0 Å². The Morgan fingerprint density at radius 2 is 1.61 bits per heavy atom. The number of carbonyl (C=O) groups is 1. The molecule has 23 heavy (non-hydrogen) atoms. The zero-order valence-corrected chi connectivity index (χ0v) is 13.5. The van der Waals surface area contributed by atoms with Crippen LogP contribution in [0.5, 0.6) is 11.5 Å². The molecule has 0 aliphatic carbocycles. The maximum Gasteiger partial charge on any atom is 0.193 e. The van der Waals surface area contributed by atoms with Crippen LogP contribution in [0.15, 0.2) is 42.5 Å². The van der Waals surface area contributed by atoms with Crippen LogP contribution in [-0.4, -0.2) is 33.1 Å². The van der Waals surface area contributed by atoms with Crippen molar-refractivity contribution in [2.45, 2.75) is 12.8 Å². The molecule has 1 heterocycles. The van der Waals surface area contributed by atoms with Crippen LogP contribution in [0.25, 0.3) is 0 Å². The Hall–Kier alpha value is -2.49. The van der Waals surface area contributed by atoms with Crippen LogP contribution in [0.3, 0.4) is 0 Å². The van der Waals surface area contributed by atoms with E-state index in [1.807, 2.05) is 18.2 Å².